The van der Waals surface area contributed by atoms with Crippen LogP contribution in [0.3, 0.4) is 0 Å². The summed E-state index contributed by atoms with van der Waals surface area (Å²) in [6.45, 7) is 0.0261. The van der Waals surface area contributed by atoms with Crippen molar-refractivity contribution in [1.29, 1.82) is 0 Å². The van der Waals surface area contributed by atoms with Crippen molar-refractivity contribution in [2.45, 2.75) is 6.54 Å². The summed E-state index contributed by atoms with van der Waals surface area (Å²) in [7, 11) is 1.45. The topological polar surface area (TPSA) is 75.7 Å². The maximum Gasteiger partial charge on any atom is 0.261 e. The van der Waals surface area contributed by atoms with Gasteiger partial charge in [0.2, 0.25) is 0 Å². The molecule has 0 unspecified atom stereocenters. The van der Waals surface area contributed by atoms with E-state index in [1.54, 1.807) is 54.6 Å². The average Bonchev–Trinajstić information content (AvgIpc) is 3.00. The number of fused-ring (bicyclic) bond motifs is 1. The van der Waals surface area contributed by atoms with Crippen LogP contribution in [0.25, 0.3) is 0 Å². The molecule has 1 aliphatic heterocycles. The van der Waals surface area contributed by atoms with Crippen molar-refractivity contribution in [1.82, 2.24) is 4.90 Å². The van der Waals surface area contributed by atoms with Crippen LogP contribution < -0.4 is 10.1 Å². The van der Waals surface area contributed by atoms with Crippen LogP contribution in [0.1, 0.15) is 36.6 Å². The second kappa shape index (κ2) is 8.41. The molecule has 0 radical (unpaired) electrons. The Morgan fingerprint density at radius 1 is 0.968 bits per heavy atom. The Bertz CT molecular complexity index is 1190. The van der Waals surface area contributed by atoms with Gasteiger partial charge in [0.25, 0.3) is 17.7 Å². The standard InChI is InChI=1S/C23H16Cl2N2O4/c1-31-20-9-6-13(12-27-22(29)15-4-2-3-5-16(15)23(27)30)10-17(20)21(28)26-19-8-7-14(24)11-18(19)25/h2-11H,12H2,1H3,(H,26,28). The largest absolute Gasteiger partial charge is 0.496 e. The zero-order chi connectivity index (χ0) is 22.1. The van der Waals surface area contributed by atoms with Crippen LogP contribution in [0, 0.1) is 0 Å². The number of hydrogen-bond donors (Lipinski definition) is 1. The van der Waals surface area contributed by atoms with Crippen LogP contribution in [0.4, 0.5) is 5.69 Å². The van der Waals surface area contributed by atoms with Gasteiger partial charge in [-0.25, -0.2) is 0 Å². The molecule has 0 bridgehead atoms. The number of benzene rings is 3. The molecule has 0 saturated carbocycles. The van der Waals surface area contributed by atoms with E-state index in [2.05, 4.69) is 5.32 Å². The van der Waals surface area contributed by atoms with Crippen LogP contribution in [0.2, 0.25) is 10.0 Å². The lowest BCUT2D eigenvalue weighted by Crippen LogP contribution is -2.29. The van der Waals surface area contributed by atoms with Gasteiger partial charge in [-0.3, -0.25) is 19.3 Å². The van der Waals surface area contributed by atoms with Crippen molar-refractivity contribution in [3.63, 3.8) is 0 Å². The second-order valence-corrected chi connectivity index (χ2v) is 7.70. The summed E-state index contributed by atoms with van der Waals surface area (Å²) in [6, 6.07) is 16.3. The average molecular weight is 455 g/mol. The molecule has 4 rings (SSSR count). The molecule has 3 aromatic carbocycles. The molecule has 0 aliphatic carbocycles. The Balaban J connectivity index is 1.60. The highest BCUT2D eigenvalue weighted by Crippen LogP contribution is 2.29. The van der Waals surface area contributed by atoms with Crippen molar-refractivity contribution in [3.8, 4) is 5.75 Å². The Kier molecular flexibility index (Phi) is 5.67. The van der Waals surface area contributed by atoms with E-state index in [1.165, 1.54) is 13.2 Å². The lowest BCUT2D eigenvalue weighted by atomic mass is 10.1. The molecule has 0 saturated heterocycles. The summed E-state index contributed by atoms with van der Waals surface area (Å²) in [4.78, 5) is 39.3. The molecule has 6 nitrogen and oxygen atoms in total. The SMILES string of the molecule is COc1ccc(CN2C(=O)c3ccccc3C2=O)cc1C(=O)Nc1ccc(Cl)cc1Cl. The lowest BCUT2D eigenvalue weighted by molar-refractivity contribution is 0.0642. The molecular weight excluding hydrogens is 439 g/mol. The maximum atomic E-state index is 12.9. The predicted molar refractivity (Wildman–Crippen MR) is 118 cm³/mol. The first-order valence-electron chi connectivity index (χ1n) is 9.27. The zero-order valence-corrected chi connectivity index (χ0v) is 17.8. The number of anilines is 1. The van der Waals surface area contributed by atoms with Gasteiger partial charge in [0.05, 0.1) is 41.1 Å². The van der Waals surface area contributed by atoms with Crippen LogP contribution in [0.5, 0.6) is 5.75 Å². The minimum atomic E-state index is -0.453. The van der Waals surface area contributed by atoms with Crippen molar-refractivity contribution in [2.75, 3.05) is 12.4 Å². The van der Waals surface area contributed by atoms with Crippen molar-refractivity contribution in [3.05, 3.63) is 93.0 Å². The first-order valence-corrected chi connectivity index (χ1v) is 10.0. The molecule has 31 heavy (non-hydrogen) atoms. The Morgan fingerprint density at radius 3 is 2.26 bits per heavy atom. The summed E-state index contributed by atoms with van der Waals surface area (Å²) in [6.07, 6.45) is 0. The number of carbonyl (C=O) groups is 3. The van der Waals surface area contributed by atoms with E-state index in [1.807, 2.05) is 0 Å². The van der Waals surface area contributed by atoms with Crippen molar-refractivity contribution < 1.29 is 19.1 Å². The molecule has 0 spiro atoms. The van der Waals surface area contributed by atoms with Gasteiger partial charge in [-0.2, -0.15) is 0 Å². The minimum absolute atomic E-state index is 0.0261. The molecule has 3 aromatic rings. The van der Waals surface area contributed by atoms with E-state index in [0.717, 1.165) is 4.90 Å². The van der Waals surface area contributed by atoms with Crippen molar-refractivity contribution >= 4 is 46.6 Å². The van der Waals surface area contributed by atoms with E-state index in [-0.39, 0.29) is 23.9 Å². The Labute approximate surface area is 188 Å². The Hall–Kier alpha value is -3.35. The van der Waals surface area contributed by atoms with E-state index in [0.29, 0.717) is 38.2 Å². The first kappa shape index (κ1) is 20.9. The summed E-state index contributed by atoms with van der Waals surface area (Å²) < 4.78 is 5.31. The number of halogens is 2. The summed E-state index contributed by atoms with van der Waals surface area (Å²) in [5.74, 6) is -0.843. The van der Waals surface area contributed by atoms with Crippen LogP contribution in [-0.4, -0.2) is 29.7 Å². The van der Waals surface area contributed by atoms with Gasteiger partial charge in [0.15, 0.2) is 0 Å². The Morgan fingerprint density at radius 2 is 1.65 bits per heavy atom. The fourth-order valence-corrected chi connectivity index (χ4v) is 3.83. The quantitative estimate of drug-likeness (QED) is 0.547. The third kappa shape index (κ3) is 4.00. The van der Waals surface area contributed by atoms with Gasteiger partial charge in [-0.15, -0.1) is 0 Å². The number of hydrogen-bond acceptors (Lipinski definition) is 4. The maximum absolute atomic E-state index is 12.9. The highest BCUT2D eigenvalue weighted by molar-refractivity contribution is 6.36. The van der Waals surface area contributed by atoms with Crippen molar-refractivity contribution in [2.24, 2.45) is 0 Å². The predicted octanol–water partition coefficient (Wildman–Crippen LogP) is 5.05. The number of carbonyl (C=O) groups excluding carboxylic acids is 3. The van der Waals surface area contributed by atoms with Gasteiger partial charge in [-0.1, -0.05) is 41.4 Å². The van der Waals surface area contributed by atoms with Crippen LogP contribution in [0.15, 0.2) is 60.7 Å². The highest BCUT2D eigenvalue weighted by atomic mass is 35.5. The molecule has 0 fully saturated rings. The smallest absolute Gasteiger partial charge is 0.261 e. The monoisotopic (exact) mass is 454 g/mol. The normalized spacial score (nSPS) is 12.7. The zero-order valence-electron chi connectivity index (χ0n) is 16.3. The summed E-state index contributed by atoms with van der Waals surface area (Å²) in [5.41, 5.74) is 1.97. The molecule has 0 aromatic heterocycles. The molecular formula is C23H16Cl2N2O4. The number of imide groups is 1. The van der Waals surface area contributed by atoms with E-state index in [4.69, 9.17) is 27.9 Å². The van der Waals surface area contributed by atoms with Crippen LogP contribution >= 0.6 is 23.2 Å². The number of ether oxygens (including phenoxy) is 1. The molecule has 1 aliphatic rings. The van der Waals surface area contributed by atoms with Gasteiger partial charge in [0, 0.05) is 5.02 Å². The number of nitrogens with one attached hydrogen (secondary N) is 1. The fourth-order valence-electron chi connectivity index (χ4n) is 3.38. The molecule has 156 valence electrons. The van der Waals surface area contributed by atoms with Gasteiger partial charge in [-0.05, 0) is 48.0 Å². The first-order chi connectivity index (χ1) is 14.9. The molecule has 1 N–H and O–H groups in total. The number of rotatable bonds is 5. The van der Waals surface area contributed by atoms with Gasteiger partial charge >= 0.3 is 0 Å². The summed E-state index contributed by atoms with van der Waals surface area (Å²) in [5, 5.41) is 3.47. The third-order valence-corrected chi connectivity index (χ3v) is 5.45. The minimum Gasteiger partial charge on any atom is -0.496 e. The van der Waals surface area contributed by atoms with Crippen LogP contribution in [-0.2, 0) is 6.54 Å². The molecule has 1 heterocycles. The number of amides is 3. The van der Waals surface area contributed by atoms with E-state index >= 15 is 0 Å². The molecule has 8 heteroatoms. The van der Waals surface area contributed by atoms with E-state index < -0.39 is 5.91 Å². The lowest BCUT2D eigenvalue weighted by Gasteiger charge is -2.16. The van der Waals surface area contributed by atoms with Gasteiger partial charge < -0.3 is 10.1 Å². The number of methoxy groups -OCH3 is 1. The van der Waals surface area contributed by atoms with E-state index in [9.17, 15) is 14.4 Å². The number of nitrogens with zero attached hydrogens (tertiary/aromatic N) is 1. The fraction of sp³-hybridized carbons (Fsp3) is 0.0870. The van der Waals surface area contributed by atoms with Gasteiger partial charge in [0.1, 0.15) is 5.75 Å². The molecule has 3 amide bonds. The summed E-state index contributed by atoms with van der Waals surface area (Å²) >= 11 is 12.0. The molecule has 0 atom stereocenters. The highest BCUT2D eigenvalue weighted by Gasteiger charge is 2.35. The third-order valence-electron chi connectivity index (χ3n) is 4.91. The second-order valence-electron chi connectivity index (χ2n) is 6.85.